The van der Waals surface area contributed by atoms with Crippen LogP contribution in [0.2, 0.25) is 0 Å². The van der Waals surface area contributed by atoms with Crippen LogP contribution in [0.4, 0.5) is 0 Å². The van der Waals surface area contributed by atoms with Crippen LogP contribution in [0.3, 0.4) is 0 Å². The summed E-state index contributed by atoms with van der Waals surface area (Å²) in [6, 6.07) is 9.34. The number of hydrogen-bond donors (Lipinski definition) is 1. The average molecular weight is 279 g/mol. The summed E-state index contributed by atoms with van der Waals surface area (Å²) in [6.07, 6.45) is 0.700. The molecule has 110 valence electrons. The van der Waals surface area contributed by atoms with Crippen molar-refractivity contribution in [2.75, 3.05) is 19.8 Å². The highest BCUT2D eigenvalue weighted by atomic mass is 16.5. The smallest absolute Gasteiger partial charge is 0.309 e. The van der Waals surface area contributed by atoms with E-state index in [9.17, 15) is 9.59 Å². The van der Waals surface area contributed by atoms with Gasteiger partial charge in [-0.1, -0.05) is 32.0 Å². The van der Waals surface area contributed by atoms with Crippen molar-refractivity contribution in [1.82, 2.24) is 5.32 Å². The van der Waals surface area contributed by atoms with Crippen molar-refractivity contribution >= 4 is 11.9 Å². The Bertz CT molecular complexity index is 419. The van der Waals surface area contributed by atoms with Gasteiger partial charge in [0, 0.05) is 0 Å². The fourth-order valence-electron chi connectivity index (χ4n) is 1.37. The molecule has 0 fully saturated rings. The topological polar surface area (TPSA) is 64.6 Å². The number of carbonyl (C=O) groups excluding carboxylic acids is 2. The lowest BCUT2D eigenvalue weighted by molar-refractivity contribution is -0.152. The molecule has 0 spiro atoms. The van der Waals surface area contributed by atoms with E-state index in [2.05, 4.69) is 5.32 Å². The van der Waals surface area contributed by atoms with E-state index in [1.807, 2.05) is 37.3 Å². The van der Waals surface area contributed by atoms with Crippen LogP contribution in [0.25, 0.3) is 0 Å². The van der Waals surface area contributed by atoms with Crippen LogP contribution in [0.15, 0.2) is 30.3 Å². The number of para-hydroxylation sites is 1. The third-order valence-corrected chi connectivity index (χ3v) is 2.80. The Hall–Kier alpha value is -2.04. The van der Waals surface area contributed by atoms with Gasteiger partial charge in [0.15, 0.2) is 6.61 Å². The average Bonchev–Trinajstić information content (AvgIpc) is 2.49. The summed E-state index contributed by atoms with van der Waals surface area (Å²) in [6.45, 7) is 4.17. The Labute approximate surface area is 119 Å². The Morgan fingerprint density at radius 3 is 2.60 bits per heavy atom. The zero-order valence-electron chi connectivity index (χ0n) is 11.9. The summed E-state index contributed by atoms with van der Waals surface area (Å²) in [5, 5.41) is 2.62. The summed E-state index contributed by atoms with van der Waals surface area (Å²) in [7, 11) is 0. The molecular formula is C15H21NO4. The van der Waals surface area contributed by atoms with Gasteiger partial charge in [0.2, 0.25) is 0 Å². The van der Waals surface area contributed by atoms with Gasteiger partial charge in [-0.2, -0.15) is 0 Å². The number of hydrogen-bond acceptors (Lipinski definition) is 4. The predicted octanol–water partition coefficient (Wildman–Crippen LogP) is 1.77. The van der Waals surface area contributed by atoms with Gasteiger partial charge in [-0.05, 0) is 18.6 Å². The van der Waals surface area contributed by atoms with Crippen LogP contribution >= 0.6 is 0 Å². The molecule has 1 N–H and O–H groups in total. The Kier molecular flexibility index (Phi) is 7.17. The number of ether oxygens (including phenoxy) is 2. The van der Waals surface area contributed by atoms with Crippen LogP contribution in [-0.4, -0.2) is 31.6 Å². The molecular weight excluding hydrogens is 258 g/mol. The third kappa shape index (κ3) is 6.22. The molecule has 5 nitrogen and oxygen atoms in total. The first kappa shape index (κ1) is 16.0. The summed E-state index contributed by atoms with van der Waals surface area (Å²) in [5.41, 5.74) is 0. The minimum absolute atomic E-state index is 0.177. The van der Waals surface area contributed by atoms with Gasteiger partial charge < -0.3 is 14.8 Å². The first-order valence-corrected chi connectivity index (χ1v) is 6.74. The zero-order chi connectivity index (χ0) is 14.8. The van der Waals surface area contributed by atoms with Gasteiger partial charge in [0.25, 0.3) is 5.91 Å². The van der Waals surface area contributed by atoms with Gasteiger partial charge in [0.05, 0.1) is 12.5 Å². The number of carbonyl (C=O) groups is 2. The monoisotopic (exact) mass is 279 g/mol. The Balaban J connectivity index is 2.10. The molecule has 5 heteroatoms. The molecule has 0 radical (unpaired) electrons. The molecule has 0 bridgehead atoms. The molecule has 1 aromatic rings. The van der Waals surface area contributed by atoms with Crippen LogP contribution in [-0.2, 0) is 14.3 Å². The largest absolute Gasteiger partial charge is 0.492 e. The molecule has 0 aliphatic carbocycles. The molecule has 0 aliphatic heterocycles. The number of rotatable bonds is 8. The van der Waals surface area contributed by atoms with Crippen LogP contribution in [0.1, 0.15) is 20.3 Å². The summed E-state index contributed by atoms with van der Waals surface area (Å²) >= 11 is 0. The summed E-state index contributed by atoms with van der Waals surface area (Å²) in [5.74, 6) is -0.0874. The lowest BCUT2D eigenvalue weighted by Gasteiger charge is -2.10. The molecule has 20 heavy (non-hydrogen) atoms. The third-order valence-electron chi connectivity index (χ3n) is 2.80. The second-order valence-electron chi connectivity index (χ2n) is 4.43. The van der Waals surface area contributed by atoms with Crippen LogP contribution in [0.5, 0.6) is 5.75 Å². The standard InChI is InChI=1S/C15H21NO4/c1-3-12(2)15(18)20-11-14(17)16-9-10-19-13-7-5-4-6-8-13/h4-8,12H,3,9-11H2,1-2H3,(H,16,17). The second kappa shape index (κ2) is 8.96. The predicted molar refractivity (Wildman–Crippen MR) is 75.4 cm³/mol. The minimum Gasteiger partial charge on any atom is -0.492 e. The maximum Gasteiger partial charge on any atom is 0.309 e. The van der Waals surface area contributed by atoms with Gasteiger partial charge in [-0.15, -0.1) is 0 Å². The van der Waals surface area contributed by atoms with Gasteiger partial charge in [-0.3, -0.25) is 9.59 Å². The van der Waals surface area contributed by atoms with E-state index in [-0.39, 0.29) is 24.4 Å². The zero-order valence-corrected chi connectivity index (χ0v) is 11.9. The fourth-order valence-corrected chi connectivity index (χ4v) is 1.37. The van der Waals surface area contributed by atoms with Gasteiger partial charge in [-0.25, -0.2) is 0 Å². The molecule has 1 atom stereocenters. The number of esters is 1. The van der Waals surface area contributed by atoms with Crippen molar-refractivity contribution in [2.24, 2.45) is 5.92 Å². The van der Waals surface area contributed by atoms with Crippen molar-refractivity contribution < 1.29 is 19.1 Å². The molecule has 1 rings (SSSR count). The highest BCUT2D eigenvalue weighted by Gasteiger charge is 2.13. The lowest BCUT2D eigenvalue weighted by Crippen LogP contribution is -2.32. The molecule has 1 unspecified atom stereocenters. The van der Waals surface area contributed by atoms with Crippen molar-refractivity contribution in [3.8, 4) is 5.75 Å². The molecule has 1 aromatic carbocycles. The molecule has 0 aliphatic rings. The molecule has 0 saturated carbocycles. The van der Waals surface area contributed by atoms with Crippen LogP contribution in [0, 0.1) is 5.92 Å². The minimum atomic E-state index is -0.344. The van der Waals surface area contributed by atoms with E-state index in [4.69, 9.17) is 9.47 Å². The quantitative estimate of drug-likeness (QED) is 0.582. The maximum atomic E-state index is 11.4. The van der Waals surface area contributed by atoms with Crippen molar-refractivity contribution in [1.29, 1.82) is 0 Å². The van der Waals surface area contributed by atoms with E-state index in [1.165, 1.54) is 0 Å². The van der Waals surface area contributed by atoms with Crippen molar-refractivity contribution in [3.63, 3.8) is 0 Å². The molecule has 1 amide bonds. The fraction of sp³-hybridized carbons (Fsp3) is 0.467. The van der Waals surface area contributed by atoms with E-state index in [0.717, 1.165) is 5.75 Å². The van der Waals surface area contributed by atoms with Crippen LogP contribution < -0.4 is 10.1 Å². The second-order valence-corrected chi connectivity index (χ2v) is 4.43. The lowest BCUT2D eigenvalue weighted by atomic mass is 10.1. The normalized spacial score (nSPS) is 11.5. The number of benzene rings is 1. The van der Waals surface area contributed by atoms with E-state index >= 15 is 0 Å². The highest BCUT2D eigenvalue weighted by Crippen LogP contribution is 2.07. The SMILES string of the molecule is CCC(C)C(=O)OCC(=O)NCCOc1ccccc1. The van der Waals surface area contributed by atoms with Gasteiger partial charge >= 0.3 is 5.97 Å². The summed E-state index contributed by atoms with van der Waals surface area (Å²) < 4.78 is 10.3. The molecule has 0 heterocycles. The van der Waals surface area contributed by atoms with Crippen molar-refractivity contribution in [2.45, 2.75) is 20.3 Å². The summed E-state index contributed by atoms with van der Waals surface area (Å²) in [4.78, 5) is 22.8. The van der Waals surface area contributed by atoms with Gasteiger partial charge in [0.1, 0.15) is 12.4 Å². The van der Waals surface area contributed by atoms with Crippen molar-refractivity contribution in [3.05, 3.63) is 30.3 Å². The number of amides is 1. The first-order chi connectivity index (χ1) is 9.63. The number of nitrogens with one attached hydrogen (secondary N) is 1. The first-order valence-electron chi connectivity index (χ1n) is 6.74. The highest BCUT2D eigenvalue weighted by molar-refractivity contribution is 5.81. The Morgan fingerprint density at radius 1 is 1.25 bits per heavy atom. The van der Waals surface area contributed by atoms with E-state index in [0.29, 0.717) is 19.6 Å². The van der Waals surface area contributed by atoms with E-state index in [1.54, 1.807) is 6.92 Å². The maximum absolute atomic E-state index is 11.4. The molecule has 0 saturated heterocycles. The molecule has 0 aromatic heterocycles. The Morgan fingerprint density at radius 2 is 1.95 bits per heavy atom. The van der Waals surface area contributed by atoms with E-state index < -0.39 is 0 Å².